The van der Waals surface area contributed by atoms with Crippen LogP contribution in [0.2, 0.25) is 0 Å². The molecular weight excluding hydrogens is 364 g/mol. The Hall–Kier alpha value is -2.43. The summed E-state index contributed by atoms with van der Waals surface area (Å²) in [4.78, 5) is 20.7. The number of esters is 1. The van der Waals surface area contributed by atoms with Gasteiger partial charge in [0.25, 0.3) is 0 Å². The fraction of sp³-hybridized carbons (Fsp3) is 0.542. The Morgan fingerprint density at radius 1 is 1.00 bits per heavy atom. The maximum absolute atomic E-state index is 12.1. The van der Waals surface area contributed by atoms with E-state index in [1.54, 1.807) is 6.20 Å². The first-order chi connectivity index (χ1) is 14.2. The topological polar surface area (TPSA) is 61.3 Å². The van der Waals surface area contributed by atoms with Gasteiger partial charge in [-0.3, -0.25) is 4.79 Å². The Morgan fingerprint density at radius 3 is 2.38 bits per heavy atom. The van der Waals surface area contributed by atoms with Crippen LogP contribution in [0.4, 0.5) is 0 Å². The molecule has 158 valence electrons. The molecule has 2 rings (SSSR count). The molecule has 1 unspecified atom stereocenters. The monoisotopic (exact) mass is 398 g/mol. The number of carbonyl (C=O) groups is 1. The zero-order valence-electron chi connectivity index (χ0n) is 18.0. The number of unbranched alkanes of at least 4 members (excludes halogenated alkanes) is 6. The van der Waals surface area contributed by atoms with Crippen molar-refractivity contribution in [2.75, 3.05) is 6.61 Å². The maximum atomic E-state index is 12.1. The smallest absolute Gasteiger partial charge is 0.325 e. The van der Waals surface area contributed by atoms with Crippen LogP contribution in [0, 0.1) is 5.92 Å². The third-order valence-electron chi connectivity index (χ3n) is 4.99. The molecule has 0 aliphatic rings. The molecule has 5 heteroatoms. The van der Waals surface area contributed by atoms with Gasteiger partial charge in [-0.25, -0.2) is 0 Å². The summed E-state index contributed by atoms with van der Waals surface area (Å²) in [5, 5.41) is 0. The van der Waals surface area contributed by atoms with Crippen LogP contribution in [0.1, 0.15) is 72.1 Å². The highest BCUT2D eigenvalue weighted by Crippen LogP contribution is 2.29. The number of benzene rings is 1. The van der Waals surface area contributed by atoms with Gasteiger partial charge < -0.3 is 9.47 Å². The van der Waals surface area contributed by atoms with Crippen molar-refractivity contribution in [1.82, 2.24) is 9.97 Å². The first-order valence-corrected chi connectivity index (χ1v) is 10.9. The molecule has 0 saturated heterocycles. The predicted molar refractivity (Wildman–Crippen MR) is 116 cm³/mol. The van der Waals surface area contributed by atoms with Gasteiger partial charge in [-0.2, -0.15) is 9.97 Å². The Labute approximate surface area is 174 Å². The second-order valence-electron chi connectivity index (χ2n) is 7.43. The van der Waals surface area contributed by atoms with E-state index in [2.05, 4.69) is 16.9 Å². The highest BCUT2D eigenvalue weighted by molar-refractivity contribution is 5.74. The Bertz CT molecular complexity index is 734. The Morgan fingerprint density at radius 2 is 1.69 bits per heavy atom. The second-order valence-corrected chi connectivity index (χ2v) is 7.43. The summed E-state index contributed by atoms with van der Waals surface area (Å²) in [5.74, 6) is 0.112. The molecule has 0 bridgehead atoms. The number of nitrogens with zero attached hydrogens (tertiary/aromatic N) is 2. The standard InChI is InChI=1S/C24H34N2O3/c1-4-6-7-8-9-10-14-17-28-21-18-25-24(29-23(27)19(3)5-2)26-22(21)20-15-12-11-13-16-20/h11-13,15-16,18-19H,4-10,14,17H2,1-3H3. The van der Waals surface area contributed by atoms with Crippen LogP contribution in [0.25, 0.3) is 11.3 Å². The lowest BCUT2D eigenvalue weighted by molar-refractivity contribution is -0.139. The normalized spacial score (nSPS) is 11.8. The quantitative estimate of drug-likeness (QED) is 0.296. The molecule has 0 aliphatic carbocycles. The fourth-order valence-electron chi connectivity index (χ4n) is 2.91. The van der Waals surface area contributed by atoms with E-state index in [9.17, 15) is 4.79 Å². The lowest BCUT2D eigenvalue weighted by Gasteiger charge is -2.13. The Balaban J connectivity index is 2.00. The summed E-state index contributed by atoms with van der Waals surface area (Å²) in [6, 6.07) is 9.84. The van der Waals surface area contributed by atoms with Gasteiger partial charge >= 0.3 is 12.0 Å². The van der Waals surface area contributed by atoms with Gasteiger partial charge in [-0.1, -0.05) is 89.6 Å². The highest BCUT2D eigenvalue weighted by Gasteiger charge is 2.17. The molecule has 0 saturated carbocycles. The molecule has 0 fully saturated rings. The number of hydrogen-bond acceptors (Lipinski definition) is 5. The van der Waals surface area contributed by atoms with Crippen molar-refractivity contribution in [2.45, 2.75) is 72.1 Å². The molecule has 5 nitrogen and oxygen atoms in total. The maximum Gasteiger partial charge on any atom is 0.325 e. The third-order valence-corrected chi connectivity index (χ3v) is 4.99. The highest BCUT2D eigenvalue weighted by atomic mass is 16.5. The minimum atomic E-state index is -0.316. The molecule has 0 radical (unpaired) electrons. The number of ether oxygens (including phenoxy) is 2. The predicted octanol–water partition coefficient (Wildman–Crippen LogP) is 6.22. The van der Waals surface area contributed by atoms with E-state index in [0.29, 0.717) is 24.5 Å². The van der Waals surface area contributed by atoms with E-state index >= 15 is 0 Å². The Kier molecular flexibility index (Phi) is 10.2. The first kappa shape index (κ1) is 22.9. The summed E-state index contributed by atoms with van der Waals surface area (Å²) in [6.07, 6.45) is 10.9. The molecule has 1 heterocycles. The van der Waals surface area contributed by atoms with E-state index in [0.717, 1.165) is 18.4 Å². The van der Waals surface area contributed by atoms with Crippen molar-refractivity contribution < 1.29 is 14.3 Å². The molecular formula is C24H34N2O3. The van der Waals surface area contributed by atoms with Crippen LogP contribution in [0.15, 0.2) is 36.5 Å². The zero-order chi connectivity index (χ0) is 20.9. The number of hydrogen-bond donors (Lipinski definition) is 0. The van der Waals surface area contributed by atoms with Gasteiger partial charge in [0, 0.05) is 5.56 Å². The van der Waals surface area contributed by atoms with Gasteiger partial charge in [0.15, 0.2) is 5.75 Å². The molecule has 0 spiro atoms. The van der Waals surface area contributed by atoms with Crippen molar-refractivity contribution >= 4 is 5.97 Å². The number of carbonyl (C=O) groups excluding carboxylic acids is 1. The van der Waals surface area contributed by atoms with Gasteiger partial charge in [0.05, 0.1) is 18.7 Å². The SMILES string of the molecule is CCCCCCCCCOc1cnc(OC(=O)C(C)CC)nc1-c1ccccc1. The van der Waals surface area contributed by atoms with E-state index in [1.807, 2.05) is 44.2 Å². The van der Waals surface area contributed by atoms with Crippen molar-refractivity contribution in [2.24, 2.45) is 5.92 Å². The van der Waals surface area contributed by atoms with Crippen LogP contribution >= 0.6 is 0 Å². The van der Waals surface area contributed by atoms with Crippen molar-refractivity contribution in [1.29, 1.82) is 0 Å². The molecule has 1 aromatic carbocycles. The summed E-state index contributed by atoms with van der Waals surface area (Å²) in [6.45, 7) is 6.64. The molecule has 0 amide bonds. The second kappa shape index (κ2) is 12.9. The first-order valence-electron chi connectivity index (χ1n) is 10.9. The van der Waals surface area contributed by atoms with Crippen LogP contribution < -0.4 is 9.47 Å². The van der Waals surface area contributed by atoms with E-state index in [-0.39, 0.29) is 17.9 Å². The molecule has 2 aromatic rings. The van der Waals surface area contributed by atoms with Crippen LogP contribution in [-0.2, 0) is 4.79 Å². The lowest BCUT2D eigenvalue weighted by atomic mass is 10.1. The van der Waals surface area contributed by atoms with E-state index < -0.39 is 0 Å². The van der Waals surface area contributed by atoms with Gasteiger partial charge in [-0.05, 0) is 12.8 Å². The van der Waals surface area contributed by atoms with Crippen LogP contribution in [-0.4, -0.2) is 22.5 Å². The summed E-state index contributed by atoms with van der Waals surface area (Å²) in [5.41, 5.74) is 1.56. The fourth-order valence-corrected chi connectivity index (χ4v) is 2.91. The van der Waals surface area contributed by atoms with Gasteiger partial charge in [-0.15, -0.1) is 0 Å². The number of aromatic nitrogens is 2. The average Bonchev–Trinajstić information content (AvgIpc) is 2.76. The van der Waals surface area contributed by atoms with Crippen molar-refractivity contribution in [3.8, 4) is 23.0 Å². The van der Waals surface area contributed by atoms with Crippen molar-refractivity contribution in [3.05, 3.63) is 36.5 Å². The molecule has 0 aliphatic heterocycles. The molecule has 1 aromatic heterocycles. The average molecular weight is 399 g/mol. The third kappa shape index (κ3) is 7.84. The minimum absolute atomic E-state index is 0.0671. The largest absolute Gasteiger partial charge is 0.490 e. The number of rotatable bonds is 13. The molecule has 1 atom stereocenters. The molecule has 29 heavy (non-hydrogen) atoms. The minimum Gasteiger partial charge on any atom is -0.490 e. The van der Waals surface area contributed by atoms with Crippen molar-refractivity contribution in [3.63, 3.8) is 0 Å². The summed E-state index contributed by atoms with van der Waals surface area (Å²) >= 11 is 0. The molecule has 0 N–H and O–H groups in total. The zero-order valence-corrected chi connectivity index (χ0v) is 18.0. The van der Waals surface area contributed by atoms with Crippen LogP contribution in [0.3, 0.4) is 0 Å². The van der Waals surface area contributed by atoms with Gasteiger partial charge in [0.2, 0.25) is 0 Å². The summed E-state index contributed by atoms with van der Waals surface area (Å²) < 4.78 is 11.3. The lowest BCUT2D eigenvalue weighted by Crippen LogP contribution is -2.18. The van der Waals surface area contributed by atoms with E-state index in [4.69, 9.17) is 9.47 Å². The summed E-state index contributed by atoms with van der Waals surface area (Å²) in [7, 11) is 0. The van der Waals surface area contributed by atoms with Gasteiger partial charge in [0.1, 0.15) is 5.69 Å². The van der Waals surface area contributed by atoms with E-state index in [1.165, 1.54) is 32.1 Å². The van der Waals surface area contributed by atoms with Crippen LogP contribution in [0.5, 0.6) is 11.8 Å².